The van der Waals surface area contributed by atoms with Gasteiger partial charge < -0.3 is 25.2 Å². The summed E-state index contributed by atoms with van der Waals surface area (Å²) in [5.74, 6) is 3.81. The third-order valence-corrected chi connectivity index (χ3v) is 13.2. The fourth-order valence-electron chi connectivity index (χ4n) is 10.7. The summed E-state index contributed by atoms with van der Waals surface area (Å²) in [6, 6.07) is 15.5. The van der Waals surface area contributed by atoms with Crippen LogP contribution in [-0.4, -0.2) is 63.5 Å². The number of rotatable bonds is 9. The van der Waals surface area contributed by atoms with Gasteiger partial charge in [0.2, 0.25) is 17.8 Å². The predicted octanol–water partition coefficient (Wildman–Crippen LogP) is 7.61. The number of fused-ring (bicyclic) bond motifs is 6. The molecule has 6 fully saturated rings. The standard InChI is InChI=1S/C44H53N7O4/c1-26-14-28-17-29(15-26)21-44(3,20-28)22-40(53)50-25-34-10-11-35(50)24-49(34)32-12-13-37(38(19-32)55-4)47-43-45-23-36-27(2)16-39(52)51(41(36)48-43)33-7-5-6-31(18-33)46-42(54)30-8-9-30/h5-7,12-13,16,18-19,23,26,28-30,34-35H,8-11,14-15,17,20-22,24-25H2,1-4H3,(H,46,54)(H,45,47,48)/t26?,28?,29?,34-,35?,44?/m1/s1. The first-order valence-corrected chi connectivity index (χ1v) is 20.3. The van der Waals surface area contributed by atoms with Crippen LogP contribution in [0.5, 0.6) is 5.75 Å². The second kappa shape index (κ2) is 14.0. The molecule has 11 heteroatoms. The summed E-state index contributed by atoms with van der Waals surface area (Å²) in [7, 11) is 1.66. The molecule has 288 valence electrons. The van der Waals surface area contributed by atoms with Gasteiger partial charge in [-0.25, -0.2) is 4.98 Å². The highest BCUT2D eigenvalue weighted by molar-refractivity contribution is 5.94. The molecule has 3 aliphatic carbocycles. The third-order valence-electron chi connectivity index (χ3n) is 13.2. The molecular weight excluding hydrogens is 691 g/mol. The van der Waals surface area contributed by atoms with E-state index in [9.17, 15) is 14.4 Å². The topological polar surface area (TPSA) is 122 Å². The van der Waals surface area contributed by atoms with E-state index in [0.717, 1.165) is 73.2 Å². The summed E-state index contributed by atoms with van der Waals surface area (Å²) in [4.78, 5) is 54.0. The highest BCUT2D eigenvalue weighted by Crippen LogP contribution is 2.52. The number of pyridine rings is 1. The van der Waals surface area contributed by atoms with Crippen LogP contribution in [0.1, 0.15) is 83.6 Å². The van der Waals surface area contributed by atoms with Crippen molar-refractivity contribution < 1.29 is 14.3 Å². The lowest BCUT2D eigenvalue weighted by molar-refractivity contribution is -0.140. The monoisotopic (exact) mass is 743 g/mol. The molecule has 2 N–H and O–H groups in total. The molecule has 2 aromatic heterocycles. The molecule has 6 aliphatic rings. The number of carbonyl (C=O) groups is 2. The fraction of sp³-hybridized carbons (Fsp3) is 0.523. The summed E-state index contributed by atoms with van der Waals surface area (Å²) in [6.07, 6.45) is 12.8. The number of nitrogens with one attached hydrogen (secondary N) is 2. The summed E-state index contributed by atoms with van der Waals surface area (Å²) in [6.45, 7) is 8.26. The van der Waals surface area contributed by atoms with E-state index in [0.29, 0.717) is 46.7 Å². The van der Waals surface area contributed by atoms with Crippen molar-refractivity contribution in [2.45, 2.75) is 97.1 Å². The van der Waals surface area contributed by atoms with Crippen molar-refractivity contribution in [3.05, 3.63) is 70.6 Å². The highest BCUT2D eigenvalue weighted by atomic mass is 16.5. The Hall–Kier alpha value is -4.93. The Morgan fingerprint density at radius 3 is 2.45 bits per heavy atom. The molecule has 5 heterocycles. The Labute approximate surface area is 322 Å². The minimum absolute atomic E-state index is 0.00701. The third kappa shape index (κ3) is 7.06. The zero-order chi connectivity index (χ0) is 38.0. The van der Waals surface area contributed by atoms with Gasteiger partial charge in [-0.2, -0.15) is 4.98 Å². The molecule has 2 aromatic carbocycles. The zero-order valence-electron chi connectivity index (χ0n) is 32.5. The number of piperazine rings is 1. The Bertz CT molecular complexity index is 2200. The quantitative estimate of drug-likeness (QED) is 0.180. The average molecular weight is 744 g/mol. The van der Waals surface area contributed by atoms with E-state index in [1.165, 1.54) is 32.1 Å². The number of carbonyl (C=O) groups excluding carboxylic acids is 2. The molecule has 55 heavy (non-hydrogen) atoms. The van der Waals surface area contributed by atoms with E-state index in [4.69, 9.17) is 9.72 Å². The summed E-state index contributed by atoms with van der Waals surface area (Å²) >= 11 is 0. The molecule has 0 radical (unpaired) electrons. The van der Waals surface area contributed by atoms with Gasteiger partial charge in [-0.1, -0.05) is 19.9 Å². The molecule has 11 nitrogen and oxygen atoms in total. The van der Waals surface area contributed by atoms with Crippen LogP contribution < -0.4 is 25.8 Å². The van der Waals surface area contributed by atoms with Crippen LogP contribution in [-0.2, 0) is 9.59 Å². The number of aromatic nitrogens is 3. The largest absolute Gasteiger partial charge is 0.494 e. The molecule has 4 aromatic rings. The van der Waals surface area contributed by atoms with E-state index in [-0.39, 0.29) is 34.9 Å². The number of amides is 2. The predicted molar refractivity (Wildman–Crippen MR) is 215 cm³/mol. The van der Waals surface area contributed by atoms with Crippen LogP contribution in [0.15, 0.2) is 59.5 Å². The number of ether oxygens (including phenoxy) is 1. The van der Waals surface area contributed by atoms with Crippen LogP contribution in [0.2, 0.25) is 0 Å². The van der Waals surface area contributed by atoms with E-state index < -0.39 is 0 Å². The summed E-state index contributed by atoms with van der Waals surface area (Å²) < 4.78 is 7.47. The number of hydrogen-bond donors (Lipinski definition) is 2. The first-order chi connectivity index (χ1) is 26.5. The van der Waals surface area contributed by atoms with Gasteiger partial charge in [0.15, 0.2) is 5.65 Å². The maximum absolute atomic E-state index is 13.9. The molecule has 0 spiro atoms. The minimum Gasteiger partial charge on any atom is -0.494 e. The molecule has 3 unspecified atom stereocenters. The Kier molecular flexibility index (Phi) is 9.09. The van der Waals surface area contributed by atoms with Crippen molar-refractivity contribution >= 4 is 45.9 Å². The van der Waals surface area contributed by atoms with Crippen LogP contribution >= 0.6 is 0 Å². The van der Waals surface area contributed by atoms with Gasteiger partial charge in [0.05, 0.1) is 18.5 Å². The van der Waals surface area contributed by atoms with Crippen molar-refractivity contribution in [3.8, 4) is 11.4 Å². The smallest absolute Gasteiger partial charge is 0.257 e. The van der Waals surface area contributed by atoms with Gasteiger partial charge in [-0.3, -0.25) is 19.0 Å². The van der Waals surface area contributed by atoms with E-state index in [1.54, 1.807) is 30.0 Å². The number of nitrogens with zero attached hydrogens (tertiary/aromatic N) is 5. The van der Waals surface area contributed by atoms with Gasteiger partial charge in [-0.15, -0.1) is 0 Å². The molecule has 3 saturated carbocycles. The number of piperidine rings is 2. The van der Waals surface area contributed by atoms with Gasteiger partial charge in [-0.05, 0) is 124 Å². The lowest BCUT2D eigenvalue weighted by Crippen LogP contribution is -2.64. The van der Waals surface area contributed by atoms with Crippen LogP contribution in [0.25, 0.3) is 16.7 Å². The van der Waals surface area contributed by atoms with Crippen molar-refractivity contribution in [2.24, 2.45) is 29.1 Å². The lowest BCUT2D eigenvalue weighted by atomic mass is 9.58. The van der Waals surface area contributed by atoms with Crippen molar-refractivity contribution in [1.82, 2.24) is 19.4 Å². The highest BCUT2D eigenvalue weighted by Gasteiger charge is 2.46. The normalized spacial score (nSPS) is 27.2. The van der Waals surface area contributed by atoms with Gasteiger partial charge in [0, 0.05) is 72.6 Å². The first kappa shape index (κ1) is 35.8. The lowest BCUT2D eigenvalue weighted by Gasteiger charge is -2.53. The number of benzene rings is 2. The van der Waals surface area contributed by atoms with E-state index >= 15 is 0 Å². The van der Waals surface area contributed by atoms with Crippen LogP contribution in [0.3, 0.4) is 0 Å². The van der Waals surface area contributed by atoms with Crippen LogP contribution in [0.4, 0.5) is 23.0 Å². The van der Waals surface area contributed by atoms with E-state index in [1.807, 2.05) is 31.2 Å². The maximum atomic E-state index is 13.9. The number of aryl methyl sites for hydroxylation is 1. The number of anilines is 4. The van der Waals surface area contributed by atoms with Crippen molar-refractivity contribution in [1.29, 1.82) is 0 Å². The second-order valence-corrected chi connectivity index (χ2v) is 17.8. The Morgan fingerprint density at radius 1 is 0.945 bits per heavy atom. The molecular formula is C44H53N7O4. The molecule has 3 saturated heterocycles. The molecule has 4 bridgehead atoms. The Morgan fingerprint density at radius 2 is 1.73 bits per heavy atom. The molecule has 4 atom stereocenters. The average Bonchev–Trinajstić information content (AvgIpc) is 4.01. The fourth-order valence-corrected chi connectivity index (χ4v) is 10.7. The van der Waals surface area contributed by atoms with Crippen molar-refractivity contribution in [2.75, 3.05) is 35.7 Å². The summed E-state index contributed by atoms with van der Waals surface area (Å²) in [5.41, 5.74) is 4.16. The number of methoxy groups -OCH3 is 1. The maximum Gasteiger partial charge on any atom is 0.257 e. The minimum atomic E-state index is -0.224. The number of hydrogen-bond acceptors (Lipinski definition) is 8. The molecule has 3 aliphatic heterocycles. The van der Waals surface area contributed by atoms with Gasteiger partial charge >= 0.3 is 0 Å². The molecule has 10 rings (SSSR count). The zero-order valence-corrected chi connectivity index (χ0v) is 32.5. The SMILES string of the molecule is COc1cc(N2CC3CC[C@@H]2CN3C(=O)CC2(C)CC3CC(C)CC(C3)C2)ccc1Nc1ncc2c(C)cc(=O)n(-c3cccc(NC(=O)C4CC4)c3)c2n1. The first-order valence-electron chi connectivity index (χ1n) is 20.3. The van der Waals surface area contributed by atoms with Gasteiger partial charge in [0.25, 0.3) is 5.56 Å². The van der Waals surface area contributed by atoms with Gasteiger partial charge in [0.1, 0.15) is 5.75 Å². The summed E-state index contributed by atoms with van der Waals surface area (Å²) in [5, 5.41) is 7.08. The van der Waals surface area contributed by atoms with Crippen LogP contribution in [0, 0.1) is 36.0 Å². The van der Waals surface area contributed by atoms with Crippen molar-refractivity contribution in [3.63, 3.8) is 0 Å². The Balaban J connectivity index is 0.917. The molecule has 2 amide bonds. The van der Waals surface area contributed by atoms with E-state index in [2.05, 4.69) is 51.4 Å². The second-order valence-electron chi connectivity index (χ2n) is 17.8.